The van der Waals surface area contributed by atoms with Crippen LogP contribution in [0, 0.1) is 0 Å². The first kappa shape index (κ1) is 14.5. The molecular weight excluding hydrogens is 299 g/mol. The topological polar surface area (TPSA) is 61.4 Å². The average Bonchev–Trinajstić information content (AvgIpc) is 2.37. The van der Waals surface area contributed by atoms with Crippen molar-refractivity contribution in [3.05, 3.63) is 46.4 Å². The molecule has 1 amide bonds. The Labute approximate surface area is 126 Å². The Morgan fingerprint density at radius 3 is 2.00 bits per heavy atom. The predicted octanol–water partition coefficient (Wildman–Crippen LogP) is 4.40. The number of halogens is 2. The Balaban J connectivity index is 2.16. The number of phenols is 1. The summed E-state index contributed by atoms with van der Waals surface area (Å²) >= 11 is 11.7. The molecule has 3 N–H and O–H groups in total. The van der Waals surface area contributed by atoms with E-state index in [1.807, 2.05) is 0 Å². The van der Waals surface area contributed by atoms with Gasteiger partial charge in [0.15, 0.2) is 5.75 Å². The molecule has 0 spiro atoms. The second-order valence-corrected chi connectivity index (χ2v) is 4.99. The van der Waals surface area contributed by atoms with Crippen LogP contribution < -0.4 is 10.6 Å². The molecule has 0 fully saturated rings. The van der Waals surface area contributed by atoms with Crippen LogP contribution in [0.5, 0.6) is 5.75 Å². The van der Waals surface area contributed by atoms with Crippen LogP contribution in [-0.2, 0) is 4.79 Å². The van der Waals surface area contributed by atoms with Crippen molar-refractivity contribution in [1.82, 2.24) is 0 Å². The molecule has 2 aromatic rings. The van der Waals surface area contributed by atoms with Crippen LogP contribution >= 0.6 is 23.2 Å². The van der Waals surface area contributed by atoms with Gasteiger partial charge in [-0.1, -0.05) is 23.2 Å². The molecule has 0 saturated heterocycles. The Hall–Kier alpha value is -1.91. The Morgan fingerprint density at radius 1 is 1.00 bits per heavy atom. The van der Waals surface area contributed by atoms with Gasteiger partial charge in [0.05, 0.1) is 10.0 Å². The number of hydrogen-bond acceptors (Lipinski definition) is 3. The van der Waals surface area contributed by atoms with E-state index in [9.17, 15) is 9.90 Å². The van der Waals surface area contributed by atoms with Gasteiger partial charge in [-0.25, -0.2) is 0 Å². The minimum absolute atomic E-state index is 0.122. The molecule has 6 heteroatoms. The lowest BCUT2D eigenvalue weighted by Gasteiger charge is -2.10. The van der Waals surface area contributed by atoms with Crippen molar-refractivity contribution in [2.75, 3.05) is 10.6 Å². The van der Waals surface area contributed by atoms with Crippen molar-refractivity contribution in [3.63, 3.8) is 0 Å². The number of phenolic OH excluding ortho intramolecular Hbond substituents is 1. The van der Waals surface area contributed by atoms with Crippen molar-refractivity contribution < 1.29 is 9.90 Å². The first-order valence-electron chi connectivity index (χ1n) is 5.78. The van der Waals surface area contributed by atoms with Crippen LogP contribution in [-0.4, -0.2) is 11.0 Å². The lowest BCUT2D eigenvalue weighted by molar-refractivity contribution is -0.114. The quantitative estimate of drug-likeness (QED) is 0.736. The lowest BCUT2D eigenvalue weighted by Crippen LogP contribution is -2.05. The molecule has 4 nitrogen and oxygen atoms in total. The van der Waals surface area contributed by atoms with Crippen LogP contribution in [0.2, 0.25) is 10.0 Å². The van der Waals surface area contributed by atoms with Gasteiger partial charge in [-0.15, -0.1) is 0 Å². The third-order valence-electron chi connectivity index (χ3n) is 2.51. The molecule has 0 unspecified atom stereocenters. The monoisotopic (exact) mass is 310 g/mol. The van der Waals surface area contributed by atoms with Gasteiger partial charge in [-0.2, -0.15) is 0 Å². The van der Waals surface area contributed by atoms with Crippen molar-refractivity contribution in [2.24, 2.45) is 0 Å². The number of benzene rings is 2. The van der Waals surface area contributed by atoms with Gasteiger partial charge >= 0.3 is 0 Å². The van der Waals surface area contributed by atoms with Crippen LogP contribution in [0.25, 0.3) is 0 Å². The molecular formula is C14H12Cl2N2O2. The molecule has 0 radical (unpaired) electrons. The van der Waals surface area contributed by atoms with Crippen LogP contribution in [0.4, 0.5) is 17.1 Å². The van der Waals surface area contributed by atoms with E-state index in [0.29, 0.717) is 11.4 Å². The van der Waals surface area contributed by atoms with Gasteiger partial charge in [-0.3, -0.25) is 4.79 Å². The largest absolute Gasteiger partial charge is 0.505 e. The summed E-state index contributed by atoms with van der Waals surface area (Å²) in [5, 5.41) is 15.6. The van der Waals surface area contributed by atoms with Gasteiger partial charge in [0, 0.05) is 24.0 Å². The van der Waals surface area contributed by atoms with Gasteiger partial charge in [0.2, 0.25) is 5.91 Å². The Kier molecular flexibility index (Phi) is 4.37. The van der Waals surface area contributed by atoms with Crippen LogP contribution in [0.1, 0.15) is 6.92 Å². The Morgan fingerprint density at radius 2 is 1.50 bits per heavy atom. The fourth-order valence-electron chi connectivity index (χ4n) is 1.64. The number of anilines is 3. The minimum Gasteiger partial charge on any atom is -0.505 e. The number of hydrogen-bond donors (Lipinski definition) is 3. The molecule has 0 aliphatic heterocycles. The molecule has 2 aromatic carbocycles. The van der Waals surface area contributed by atoms with Gasteiger partial charge in [0.1, 0.15) is 0 Å². The number of nitrogens with one attached hydrogen (secondary N) is 2. The second kappa shape index (κ2) is 6.03. The highest BCUT2D eigenvalue weighted by molar-refractivity contribution is 6.37. The first-order valence-corrected chi connectivity index (χ1v) is 6.54. The van der Waals surface area contributed by atoms with E-state index in [1.165, 1.54) is 6.92 Å². The molecule has 0 aliphatic carbocycles. The highest BCUT2D eigenvalue weighted by atomic mass is 35.5. The Bertz CT molecular complexity index is 619. The number of rotatable bonds is 3. The maximum Gasteiger partial charge on any atom is 0.221 e. The fourth-order valence-corrected chi connectivity index (χ4v) is 2.13. The normalized spacial score (nSPS) is 10.2. The summed E-state index contributed by atoms with van der Waals surface area (Å²) in [6, 6.07) is 10.3. The van der Waals surface area contributed by atoms with Crippen molar-refractivity contribution in [1.29, 1.82) is 0 Å². The van der Waals surface area contributed by atoms with Gasteiger partial charge in [-0.05, 0) is 36.4 Å². The summed E-state index contributed by atoms with van der Waals surface area (Å²) in [6.45, 7) is 1.45. The van der Waals surface area contributed by atoms with E-state index in [2.05, 4.69) is 10.6 Å². The molecule has 2 rings (SSSR count). The third-order valence-corrected chi connectivity index (χ3v) is 3.09. The number of carbonyl (C=O) groups excluding carboxylic acids is 1. The van der Waals surface area contributed by atoms with Gasteiger partial charge < -0.3 is 15.7 Å². The summed E-state index contributed by atoms with van der Waals surface area (Å²) in [6.07, 6.45) is 0. The van der Waals surface area contributed by atoms with Crippen LogP contribution in [0.15, 0.2) is 36.4 Å². The van der Waals surface area contributed by atoms with Crippen molar-refractivity contribution in [3.8, 4) is 5.75 Å². The SMILES string of the molecule is CC(=O)Nc1ccc(Nc2cc(Cl)c(O)c(Cl)c2)cc1. The zero-order chi connectivity index (χ0) is 14.7. The maximum absolute atomic E-state index is 10.9. The zero-order valence-corrected chi connectivity index (χ0v) is 12.1. The highest BCUT2D eigenvalue weighted by Crippen LogP contribution is 2.35. The highest BCUT2D eigenvalue weighted by Gasteiger charge is 2.06. The standard InChI is InChI=1S/C14H12Cl2N2O2/c1-8(19)17-9-2-4-10(5-3-9)18-11-6-12(15)14(20)13(16)7-11/h2-7,18,20H,1H3,(H,17,19). The molecule has 0 aromatic heterocycles. The number of carbonyl (C=O) groups is 1. The second-order valence-electron chi connectivity index (χ2n) is 4.17. The van der Waals surface area contributed by atoms with E-state index in [-0.39, 0.29) is 21.7 Å². The third kappa shape index (κ3) is 3.56. The molecule has 0 atom stereocenters. The molecule has 0 bridgehead atoms. The lowest BCUT2D eigenvalue weighted by atomic mass is 10.2. The average molecular weight is 311 g/mol. The van der Waals surface area contributed by atoms with E-state index in [0.717, 1.165) is 5.69 Å². The minimum atomic E-state index is -0.139. The van der Waals surface area contributed by atoms with E-state index in [4.69, 9.17) is 23.2 Å². The molecule has 104 valence electrons. The summed E-state index contributed by atoms with van der Waals surface area (Å²) < 4.78 is 0. The fraction of sp³-hybridized carbons (Fsp3) is 0.0714. The van der Waals surface area contributed by atoms with E-state index in [1.54, 1.807) is 36.4 Å². The van der Waals surface area contributed by atoms with Crippen molar-refractivity contribution >= 4 is 46.2 Å². The zero-order valence-electron chi connectivity index (χ0n) is 10.6. The summed E-state index contributed by atoms with van der Waals surface area (Å²) in [4.78, 5) is 10.9. The molecule has 0 heterocycles. The molecule has 0 aliphatic rings. The number of amides is 1. The number of aromatic hydroxyl groups is 1. The maximum atomic E-state index is 10.9. The van der Waals surface area contributed by atoms with Crippen molar-refractivity contribution in [2.45, 2.75) is 6.92 Å². The van der Waals surface area contributed by atoms with Gasteiger partial charge in [0.25, 0.3) is 0 Å². The smallest absolute Gasteiger partial charge is 0.221 e. The molecule has 0 saturated carbocycles. The predicted molar refractivity (Wildman–Crippen MR) is 82.2 cm³/mol. The summed E-state index contributed by atoms with van der Waals surface area (Å²) in [5.41, 5.74) is 2.17. The molecule has 20 heavy (non-hydrogen) atoms. The summed E-state index contributed by atoms with van der Waals surface area (Å²) in [7, 11) is 0. The first-order chi connectivity index (χ1) is 9.45. The van der Waals surface area contributed by atoms with Crippen LogP contribution in [0.3, 0.4) is 0 Å². The summed E-state index contributed by atoms with van der Waals surface area (Å²) in [5.74, 6) is -0.261. The van der Waals surface area contributed by atoms with E-state index >= 15 is 0 Å². The van der Waals surface area contributed by atoms with E-state index < -0.39 is 0 Å².